The topological polar surface area (TPSA) is 70.4 Å². The molecule has 0 aliphatic carbocycles. The molecule has 45 heavy (non-hydrogen) atoms. The first kappa shape index (κ1) is 41.2. The molecule has 0 saturated heterocycles. The van der Waals surface area contributed by atoms with Crippen LogP contribution < -0.4 is 0 Å². The molecule has 1 aromatic rings. The number of rotatable bonds is 33. The van der Waals surface area contributed by atoms with Gasteiger partial charge >= 0.3 is 11.9 Å². The smallest absolute Gasteiger partial charge is 0.306 e. The molecule has 1 atom stereocenters. The summed E-state index contributed by atoms with van der Waals surface area (Å²) in [5.74, 6) is -0.400. The van der Waals surface area contributed by atoms with E-state index >= 15 is 0 Å². The molecule has 0 spiro atoms. The maximum absolute atomic E-state index is 12.6. The summed E-state index contributed by atoms with van der Waals surface area (Å²) in [6, 6.07) is 0. The Morgan fingerprint density at radius 2 is 0.978 bits per heavy atom. The second-order valence-corrected chi connectivity index (χ2v) is 13.5. The van der Waals surface area contributed by atoms with Gasteiger partial charge in [0.1, 0.15) is 12.7 Å². The zero-order valence-electron chi connectivity index (χ0n) is 30.0. The standard InChI is InChI=1S/C39H72N2O4/c1-4-6-8-10-12-14-16-18-20-22-24-26-28-30-38(42)44-34-37(32-36-33-41(3)35-40-36)45-39(43)31-29-27-25-23-21-19-17-15-13-11-9-7-5-2/h33,35,37H,4-32,34H2,1-3H3. The largest absolute Gasteiger partial charge is 0.462 e. The molecule has 0 amide bonds. The Labute approximate surface area is 278 Å². The molecule has 0 aliphatic heterocycles. The fourth-order valence-corrected chi connectivity index (χ4v) is 6.02. The molecule has 0 N–H and O–H groups in total. The number of hydrogen-bond acceptors (Lipinski definition) is 5. The predicted molar refractivity (Wildman–Crippen MR) is 188 cm³/mol. The van der Waals surface area contributed by atoms with Crippen molar-refractivity contribution in [3.8, 4) is 0 Å². The van der Waals surface area contributed by atoms with Gasteiger partial charge in [-0.1, -0.05) is 168 Å². The van der Waals surface area contributed by atoms with E-state index < -0.39 is 6.10 Å². The normalized spacial score (nSPS) is 12.0. The molecule has 1 aromatic heterocycles. The molecular formula is C39H72N2O4. The second kappa shape index (κ2) is 30.8. The van der Waals surface area contributed by atoms with Crippen molar-refractivity contribution in [3.63, 3.8) is 0 Å². The van der Waals surface area contributed by atoms with Crippen molar-refractivity contribution in [2.24, 2.45) is 7.05 Å². The lowest BCUT2D eigenvalue weighted by Crippen LogP contribution is -2.27. The van der Waals surface area contributed by atoms with Crippen LogP contribution in [-0.2, 0) is 32.5 Å². The highest BCUT2D eigenvalue weighted by Crippen LogP contribution is 2.15. The fourth-order valence-electron chi connectivity index (χ4n) is 6.02. The van der Waals surface area contributed by atoms with Crippen molar-refractivity contribution in [2.75, 3.05) is 6.61 Å². The van der Waals surface area contributed by atoms with Gasteiger partial charge in [0.2, 0.25) is 0 Å². The van der Waals surface area contributed by atoms with E-state index in [-0.39, 0.29) is 18.5 Å². The number of esters is 2. The third-order valence-electron chi connectivity index (χ3n) is 8.89. The number of ether oxygens (including phenoxy) is 2. The van der Waals surface area contributed by atoms with Gasteiger partial charge in [0.15, 0.2) is 0 Å². The summed E-state index contributed by atoms with van der Waals surface area (Å²) < 4.78 is 13.2. The highest BCUT2D eigenvalue weighted by atomic mass is 16.6. The lowest BCUT2D eigenvalue weighted by molar-refractivity contribution is -0.159. The van der Waals surface area contributed by atoms with Crippen LogP contribution in [-0.4, -0.2) is 34.2 Å². The first-order chi connectivity index (χ1) is 22.0. The van der Waals surface area contributed by atoms with Crippen LogP contribution in [0.2, 0.25) is 0 Å². The lowest BCUT2D eigenvalue weighted by atomic mass is 10.0. The van der Waals surface area contributed by atoms with Gasteiger partial charge in [0.05, 0.1) is 12.0 Å². The van der Waals surface area contributed by atoms with Crippen LogP contribution in [0.4, 0.5) is 0 Å². The number of aromatic nitrogens is 2. The van der Waals surface area contributed by atoms with Gasteiger partial charge in [-0.15, -0.1) is 0 Å². The summed E-state index contributed by atoms with van der Waals surface area (Å²) in [5.41, 5.74) is 0.837. The molecule has 0 radical (unpaired) electrons. The van der Waals surface area contributed by atoms with Crippen LogP contribution in [0, 0.1) is 0 Å². The van der Waals surface area contributed by atoms with Crippen LogP contribution in [0.25, 0.3) is 0 Å². The van der Waals surface area contributed by atoms with Crippen molar-refractivity contribution < 1.29 is 19.1 Å². The van der Waals surface area contributed by atoms with Crippen LogP contribution in [0.5, 0.6) is 0 Å². The van der Waals surface area contributed by atoms with E-state index in [0.29, 0.717) is 19.3 Å². The number of hydrogen-bond donors (Lipinski definition) is 0. The number of imidazole rings is 1. The van der Waals surface area contributed by atoms with E-state index in [1.807, 2.05) is 17.8 Å². The molecule has 1 heterocycles. The quantitative estimate of drug-likeness (QED) is 0.0569. The van der Waals surface area contributed by atoms with Gasteiger partial charge in [0, 0.05) is 32.5 Å². The summed E-state index contributed by atoms with van der Waals surface area (Å²) >= 11 is 0. The number of nitrogens with zero attached hydrogens (tertiary/aromatic N) is 2. The minimum atomic E-state index is -0.495. The Bertz CT molecular complexity index is 809. The predicted octanol–water partition coefficient (Wildman–Crippen LogP) is 11.4. The highest BCUT2D eigenvalue weighted by molar-refractivity contribution is 5.70. The summed E-state index contributed by atoms with van der Waals surface area (Å²) in [6.07, 6.45) is 37.7. The van der Waals surface area contributed by atoms with E-state index in [2.05, 4.69) is 18.8 Å². The maximum Gasteiger partial charge on any atom is 0.306 e. The Kier molecular flexibility index (Phi) is 28.2. The SMILES string of the molecule is CCCCCCCCCCCCCCCC(=O)OCC(Cc1cn(C)cn1)OC(=O)CCCCCCCCCCCCCCC. The van der Waals surface area contributed by atoms with E-state index in [1.54, 1.807) is 6.33 Å². The number of carbonyl (C=O) groups excluding carboxylic acids is 2. The molecule has 0 aromatic carbocycles. The number of unbranched alkanes of at least 4 members (excludes halogenated alkanes) is 24. The van der Waals surface area contributed by atoms with E-state index in [4.69, 9.17) is 9.47 Å². The molecule has 1 rings (SSSR count). The van der Waals surface area contributed by atoms with Gasteiger partial charge in [-0.3, -0.25) is 9.59 Å². The fraction of sp³-hybridized carbons (Fsp3) is 0.872. The second-order valence-electron chi connectivity index (χ2n) is 13.5. The van der Waals surface area contributed by atoms with Crippen molar-refractivity contribution in [3.05, 3.63) is 18.2 Å². The number of aryl methyl sites for hydroxylation is 1. The molecule has 1 unspecified atom stereocenters. The minimum absolute atomic E-state index is 0.0954. The van der Waals surface area contributed by atoms with E-state index in [9.17, 15) is 9.59 Å². The molecule has 0 bridgehead atoms. The summed E-state index contributed by atoms with van der Waals surface area (Å²) in [4.78, 5) is 29.4. The first-order valence-electron chi connectivity index (χ1n) is 19.4. The minimum Gasteiger partial charge on any atom is -0.462 e. The molecule has 262 valence electrons. The number of carbonyl (C=O) groups is 2. The zero-order valence-corrected chi connectivity index (χ0v) is 30.0. The zero-order chi connectivity index (χ0) is 32.6. The highest BCUT2D eigenvalue weighted by Gasteiger charge is 2.19. The molecule has 6 nitrogen and oxygen atoms in total. The van der Waals surface area contributed by atoms with Crippen molar-refractivity contribution >= 4 is 11.9 Å². The van der Waals surface area contributed by atoms with Gasteiger partial charge in [-0.2, -0.15) is 0 Å². The Balaban J connectivity index is 2.13. The maximum atomic E-state index is 12.6. The van der Waals surface area contributed by atoms with Gasteiger partial charge in [-0.25, -0.2) is 4.98 Å². The van der Waals surface area contributed by atoms with Crippen molar-refractivity contribution in [2.45, 2.75) is 206 Å². The Morgan fingerprint density at radius 1 is 0.600 bits per heavy atom. The van der Waals surface area contributed by atoms with Crippen molar-refractivity contribution in [1.29, 1.82) is 0 Å². The lowest BCUT2D eigenvalue weighted by Gasteiger charge is -2.17. The summed E-state index contributed by atoms with van der Waals surface area (Å²) in [7, 11) is 1.92. The Morgan fingerprint density at radius 3 is 1.36 bits per heavy atom. The molecule has 0 fully saturated rings. The van der Waals surface area contributed by atoms with Crippen LogP contribution >= 0.6 is 0 Å². The Hall–Kier alpha value is -1.85. The third kappa shape index (κ3) is 27.0. The molecule has 0 aliphatic rings. The average molecular weight is 633 g/mol. The van der Waals surface area contributed by atoms with Crippen LogP contribution in [0.3, 0.4) is 0 Å². The van der Waals surface area contributed by atoms with E-state index in [1.165, 1.54) is 141 Å². The summed E-state index contributed by atoms with van der Waals surface area (Å²) in [5, 5.41) is 0. The molecule has 6 heteroatoms. The van der Waals surface area contributed by atoms with Crippen LogP contribution in [0.1, 0.15) is 199 Å². The first-order valence-corrected chi connectivity index (χ1v) is 19.4. The van der Waals surface area contributed by atoms with Gasteiger partial charge in [0.25, 0.3) is 0 Å². The van der Waals surface area contributed by atoms with Gasteiger partial charge < -0.3 is 14.0 Å². The monoisotopic (exact) mass is 633 g/mol. The third-order valence-corrected chi connectivity index (χ3v) is 8.89. The van der Waals surface area contributed by atoms with Gasteiger partial charge in [-0.05, 0) is 12.8 Å². The molecule has 0 saturated carbocycles. The van der Waals surface area contributed by atoms with E-state index in [0.717, 1.165) is 31.4 Å². The average Bonchev–Trinajstić information content (AvgIpc) is 3.44. The van der Waals surface area contributed by atoms with Crippen LogP contribution in [0.15, 0.2) is 12.5 Å². The summed E-state index contributed by atoms with van der Waals surface area (Å²) in [6.45, 7) is 4.63. The molecular weight excluding hydrogens is 560 g/mol. The van der Waals surface area contributed by atoms with Crippen molar-refractivity contribution in [1.82, 2.24) is 9.55 Å².